The highest BCUT2D eigenvalue weighted by Crippen LogP contribution is 2.36. The smallest absolute Gasteiger partial charge is 0.216 e. The van der Waals surface area contributed by atoms with E-state index in [-0.39, 0.29) is 18.1 Å². The molecule has 0 aromatic heterocycles. The Balaban J connectivity index is 1.58. The standard InChI is InChI=1S/C28H30FNO5/c1-18(31)30-14-13-19-11-12-23(16-24(19)21-9-6-10-22(29)15-21)34-26-17-25(32)28(33-2)27(35-26)20-7-4-3-5-8-20/h3-12,15-16,25-28,32H,13-14,17H2,1-2H3,(H,30,31)/t25-,26+,27-,28+/m0/s1. The van der Waals surface area contributed by atoms with Crippen molar-refractivity contribution in [3.8, 4) is 16.9 Å². The van der Waals surface area contributed by atoms with Crippen LogP contribution in [0.4, 0.5) is 4.39 Å². The fourth-order valence-electron chi connectivity index (χ4n) is 4.39. The molecule has 2 N–H and O–H groups in total. The molecule has 3 aromatic carbocycles. The van der Waals surface area contributed by atoms with Gasteiger partial charge in [-0.25, -0.2) is 4.39 Å². The zero-order valence-electron chi connectivity index (χ0n) is 19.8. The molecule has 35 heavy (non-hydrogen) atoms. The molecule has 1 aliphatic heterocycles. The molecule has 0 aliphatic carbocycles. The minimum atomic E-state index is -0.774. The predicted molar refractivity (Wildman–Crippen MR) is 130 cm³/mol. The van der Waals surface area contributed by atoms with Crippen molar-refractivity contribution in [1.29, 1.82) is 0 Å². The zero-order valence-corrected chi connectivity index (χ0v) is 19.8. The summed E-state index contributed by atoms with van der Waals surface area (Å²) in [5.74, 6) is 0.0942. The maximum Gasteiger partial charge on any atom is 0.216 e. The maximum absolute atomic E-state index is 14.0. The van der Waals surface area contributed by atoms with Gasteiger partial charge in [-0.2, -0.15) is 0 Å². The highest BCUT2D eigenvalue weighted by Gasteiger charge is 2.40. The van der Waals surface area contributed by atoms with Gasteiger partial charge in [-0.1, -0.05) is 48.5 Å². The summed E-state index contributed by atoms with van der Waals surface area (Å²) in [6, 6.07) is 21.5. The zero-order chi connectivity index (χ0) is 24.8. The molecule has 0 saturated carbocycles. The van der Waals surface area contributed by atoms with Gasteiger partial charge in [-0.05, 0) is 52.9 Å². The van der Waals surface area contributed by atoms with Crippen LogP contribution in [0.5, 0.6) is 5.75 Å². The first-order valence-electron chi connectivity index (χ1n) is 11.7. The van der Waals surface area contributed by atoms with E-state index in [2.05, 4.69) is 5.32 Å². The summed E-state index contributed by atoms with van der Waals surface area (Å²) in [6.45, 7) is 1.94. The number of carbonyl (C=O) groups is 1. The molecule has 0 unspecified atom stereocenters. The fourth-order valence-corrected chi connectivity index (χ4v) is 4.39. The first-order chi connectivity index (χ1) is 16.9. The number of hydrogen-bond acceptors (Lipinski definition) is 5. The fraction of sp³-hybridized carbons (Fsp3) is 0.321. The van der Waals surface area contributed by atoms with Gasteiger partial charge in [0.25, 0.3) is 0 Å². The number of methoxy groups -OCH3 is 1. The molecule has 1 fully saturated rings. The quantitative estimate of drug-likeness (QED) is 0.500. The van der Waals surface area contributed by atoms with Crippen LogP contribution in [-0.4, -0.2) is 43.2 Å². The number of halogens is 1. The number of carbonyl (C=O) groups excluding carboxylic acids is 1. The van der Waals surface area contributed by atoms with Gasteiger partial charge in [0.2, 0.25) is 12.2 Å². The lowest BCUT2D eigenvalue weighted by atomic mass is 9.95. The minimum Gasteiger partial charge on any atom is -0.465 e. The van der Waals surface area contributed by atoms with Crippen LogP contribution in [0.15, 0.2) is 72.8 Å². The average Bonchev–Trinajstić information content (AvgIpc) is 2.85. The molecular formula is C28H30FNO5. The number of amides is 1. The van der Waals surface area contributed by atoms with Crippen molar-refractivity contribution in [2.24, 2.45) is 0 Å². The Morgan fingerprint density at radius 2 is 1.91 bits per heavy atom. The van der Waals surface area contributed by atoms with Crippen molar-refractivity contribution < 1.29 is 28.5 Å². The number of hydrogen-bond donors (Lipinski definition) is 2. The number of aliphatic hydroxyl groups is 1. The van der Waals surface area contributed by atoms with Crippen LogP contribution in [0.25, 0.3) is 11.1 Å². The van der Waals surface area contributed by atoms with Crippen molar-refractivity contribution in [3.05, 3.63) is 89.7 Å². The summed E-state index contributed by atoms with van der Waals surface area (Å²) in [4.78, 5) is 11.3. The molecule has 3 aromatic rings. The van der Waals surface area contributed by atoms with Gasteiger partial charge in [0.15, 0.2) is 0 Å². The van der Waals surface area contributed by atoms with Crippen LogP contribution in [0.1, 0.15) is 30.6 Å². The van der Waals surface area contributed by atoms with Gasteiger partial charge in [0.05, 0.1) is 6.10 Å². The minimum absolute atomic E-state index is 0.104. The summed E-state index contributed by atoms with van der Waals surface area (Å²) in [5, 5.41) is 13.5. The predicted octanol–water partition coefficient (Wildman–Crippen LogP) is 4.41. The Morgan fingerprint density at radius 1 is 1.11 bits per heavy atom. The molecule has 184 valence electrons. The molecule has 4 atom stereocenters. The number of ether oxygens (including phenoxy) is 3. The van der Waals surface area contributed by atoms with Crippen LogP contribution >= 0.6 is 0 Å². The van der Waals surface area contributed by atoms with Gasteiger partial charge in [0.1, 0.15) is 23.8 Å². The normalized spacial score (nSPS) is 21.9. The van der Waals surface area contributed by atoms with Crippen LogP contribution < -0.4 is 10.1 Å². The van der Waals surface area contributed by atoms with Crippen LogP contribution in [0.2, 0.25) is 0 Å². The monoisotopic (exact) mass is 479 g/mol. The van der Waals surface area contributed by atoms with E-state index < -0.39 is 24.6 Å². The van der Waals surface area contributed by atoms with Gasteiger partial charge in [0, 0.05) is 27.0 Å². The Morgan fingerprint density at radius 3 is 2.63 bits per heavy atom. The van der Waals surface area contributed by atoms with Crippen molar-refractivity contribution >= 4 is 5.91 Å². The lowest BCUT2D eigenvalue weighted by Gasteiger charge is -2.39. The first kappa shape index (κ1) is 24.9. The molecule has 1 saturated heterocycles. The van der Waals surface area contributed by atoms with Crippen LogP contribution in [0, 0.1) is 5.82 Å². The summed E-state index contributed by atoms with van der Waals surface area (Å²) < 4.78 is 31.9. The van der Waals surface area contributed by atoms with Crippen molar-refractivity contribution in [2.75, 3.05) is 13.7 Å². The molecule has 4 rings (SSSR count). The van der Waals surface area contributed by atoms with E-state index in [1.54, 1.807) is 13.2 Å². The molecule has 1 heterocycles. The third-order valence-electron chi connectivity index (χ3n) is 6.06. The van der Waals surface area contributed by atoms with E-state index in [1.807, 2.05) is 54.6 Å². The third-order valence-corrected chi connectivity index (χ3v) is 6.06. The van der Waals surface area contributed by atoms with Gasteiger partial charge >= 0.3 is 0 Å². The van der Waals surface area contributed by atoms with E-state index in [1.165, 1.54) is 19.1 Å². The second kappa shape index (κ2) is 11.4. The molecule has 0 spiro atoms. The Hall–Kier alpha value is -3.26. The van der Waals surface area contributed by atoms with Gasteiger partial charge in [-0.15, -0.1) is 0 Å². The molecule has 1 amide bonds. The molecule has 7 heteroatoms. The van der Waals surface area contributed by atoms with Crippen molar-refractivity contribution in [2.45, 2.75) is 44.4 Å². The highest BCUT2D eigenvalue weighted by molar-refractivity contribution is 5.73. The van der Waals surface area contributed by atoms with E-state index in [0.717, 1.165) is 16.7 Å². The second-order valence-electron chi connectivity index (χ2n) is 8.58. The highest BCUT2D eigenvalue weighted by atomic mass is 19.1. The van der Waals surface area contributed by atoms with Crippen LogP contribution in [0.3, 0.4) is 0 Å². The number of aliphatic hydroxyl groups excluding tert-OH is 1. The molecule has 1 aliphatic rings. The van der Waals surface area contributed by atoms with E-state index in [0.29, 0.717) is 24.3 Å². The topological polar surface area (TPSA) is 77.0 Å². The van der Waals surface area contributed by atoms with Crippen molar-refractivity contribution in [1.82, 2.24) is 5.32 Å². The average molecular weight is 480 g/mol. The lowest BCUT2D eigenvalue weighted by Crippen LogP contribution is -2.46. The Labute approximate surface area is 204 Å². The SMILES string of the molecule is CO[C@@H]1[C@@H](O)C[C@H](Oc2ccc(CCNC(C)=O)c(-c3cccc(F)c3)c2)O[C@H]1c1ccccc1. The number of nitrogens with one attached hydrogen (secondary N) is 1. The number of rotatable bonds is 8. The van der Waals surface area contributed by atoms with E-state index >= 15 is 0 Å². The first-order valence-corrected chi connectivity index (χ1v) is 11.7. The van der Waals surface area contributed by atoms with E-state index in [9.17, 15) is 14.3 Å². The maximum atomic E-state index is 14.0. The molecular weight excluding hydrogens is 449 g/mol. The summed E-state index contributed by atoms with van der Waals surface area (Å²) in [6.07, 6.45) is -1.67. The molecule has 6 nitrogen and oxygen atoms in total. The third kappa shape index (κ3) is 6.25. The summed E-state index contributed by atoms with van der Waals surface area (Å²) in [7, 11) is 1.55. The Kier molecular flexibility index (Phi) is 8.13. The summed E-state index contributed by atoms with van der Waals surface area (Å²) in [5.41, 5.74) is 3.35. The van der Waals surface area contributed by atoms with Crippen molar-refractivity contribution in [3.63, 3.8) is 0 Å². The largest absolute Gasteiger partial charge is 0.465 e. The summed E-state index contributed by atoms with van der Waals surface area (Å²) >= 11 is 0. The number of benzene rings is 3. The van der Waals surface area contributed by atoms with Gasteiger partial charge in [-0.3, -0.25) is 4.79 Å². The second-order valence-corrected chi connectivity index (χ2v) is 8.58. The van der Waals surface area contributed by atoms with E-state index in [4.69, 9.17) is 14.2 Å². The molecule has 0 radical (unpaired) electrons. The Bertz CT molecular complexity index is 1140. The van der Waals surface area contributed by atoms with Crippen LogP contribution in [-0.2, 0) is 20.7 Å². The molecule has 0 bridgehead atoms. The van der Waals surface area contributed by atoms with Gasteiger partial charge < -0.3 is 24.6 Å². The lowest BCUT2D eigenvalue weighted by molar-refractivity contribution is -0.231.